The minimum atomic E-state index is 0.397. The molecule has 2 N–H and O–H groups in total. The third-order valence-electron chi connectivity index (χ3n) is 3.53. The van der Waals surface area contributed by atoms with E-state index in [1.165, 1.54) is 11.3 Å². The zero-order chi connectivity index (χ0) is 15.1. The fourth-order valence-electron chi connectivity index (χ4n) is 2.37. The van der Waals surface area contributed by atoms with Crippen molar-refractivity contribution in [3.8, 4) is 0 Å². The Balaban J connectivity index is 1.95. The lowest BCUT2D eigenvalue weighted by atomic mass is 10.1. The highest BCUT2D eigenvalue weighted by atomic mass is 35.5. The molecule has 0 aliphatic carbocycles. The molecule has 0 aliphatic rings. The minimum Gasteiger partial charge on any atom is -0.344 e. The summed E-state index contributed by atoms with van der Waals surface area (Å²) in [5.41, 5.74) is 1.00. The van der Waals surface area contributed by atoms with Crippen molar-refractivity contribution in [2.45, 2.75) is 58.5 Å². The number of thiophene rings is 1. The number of halogens is 1. The Hall–Kier alpha value is -0.840. The predicted molar refractivity (Wildman–Crippen MR) is 91.0 cm³/mol. The van der Waals surface area contributed by atoms with E-state index in [0.29, 0.717) is 11.2 Å². The highest BCUT2D eigenvalue weighted by Crippen LogP contribution is 2.24. The largest absolute Gasteiger partial charge is 0.344 e. The van der Waals surface area contributed by atoms with Gasteiger partial charge in [0.15, 0.2) is 5.15 Å². The smallest absolute Gasteiger partial charge is 0.151 e. The Morgan fingerprint density at radius 3 is 2.90 bits per heavy atom. The van der Waals surface area contributed by atoms with E-state index in [2.05, 4.69) is 46.6 Å². The number of aryl methyl sites for hydroxylation is 1. The van der Waals surface area contributed by atoms with Crippen LogP contribution in [-0.4, -0.2) is 9.97 Å². The van der Waals surface area contributed by atoms with Gasteiger partial charge in [0.25, 0.3) is 0 Å². The standard InChI is InChI=1S/C16H24ClN3S/c1-3-5-9-15-19-13(16(17)20-15)11-18-12(7-4-2)14-8-6-10-21-14/h6,8,10,12,18H,3-5,7,9,11H2,1-2H3,(H,19,20). The summed E-state index contributed by atoms with van der Waals surface area (Å²) in [5, 5.41) is 6.34. The molecule has 0 saturated heterocycles. The van der Waals surface area contributed by atoms with Crippen LogP contribution in [-0.2, 0) is 13.0 Å². The molecule has 0 amide bonds. The fraction of sp³-hybridized carbons (Fsp3) is 0.562. The molecule has 2 heterocycles. The molecule has 5 heteroatoms. The second kappa shape index (κ2) is 8.57. The van der Waals surface area contributed by atoms with Crippen molar-refractivity contribution in [1.82, 2.24) is 15.3 Å². The summed E-state index contributed by atoms with van der Waals surface area (Å²) < 4.78 is 0. The summed E-state index contributed by atoms with van der Waals surface area (Å²) in [4.78, 5) is 9.15. The van der Waals surface area contributed by atoms with Gasteiger partial charge in [-0.2, -0.15) is 0 Å². The Morgan fingerprint density at radius 2 is 2.24 bits per heavy atom. The molecule has 3 nitrogen and oxygen atoms in total. The highest BCUT2D eigenvalue weighted by molar-refractivity contribution is 7.10. The van der Waals surface area contributed by atoms with Gasteiger partial charge in [-0.05, 0) is 24.3 Å². The number of rotatable bonds is 9. The molecule has 0 spiro atoms. The molecule has 0 bridgehead atoms. The van der Waals surface area contributed by atoms with Crippen molar-refractivity contribution < 1.29 is 0 Å². The molecule has 116 valence electrons. The van der Waals surface area contributed by atoms with Crippen LogP contribution in [0.3, 0.4) is 0 Å². The van der Waals surface area contributed by atoms with Crippen molar-refractivity contribution >= 4 is 22.9 Å². The average Bonchev–Trinajstić information content (AvgIpc) is 3.11. The quantitative estimate of drug-likeness (QED) is 0.673. The summed E-state index contributed by atoms with van der Waals surface area (Å²) in [7, 11) is 0. The topological polar surface area (TPSA) is 40.7 Å². The molecular weight excluding hydrogens is 302 g/mol. The molecular formula is C16H24ClN3S. The summed E-state index contributed by atoms with van der Waals surface area (Å²) in [6.45, 7) is 5.14. The first-order valence-corrected chi connectivity index (χ1v) is 9.00. The van der Waals surface area contributed by atoms with Crippen LogP contribution in [0.4, 0.5) is 0 Å². The first-order valence-electron chi connectivity index (χ1n) is 7.74. The molecule has 0 aromatic carbocycles. The zero-order valence-electron chi connectivity index (χ0n) is 12.8. The predicted octanol–water partition coefficient (Wildman–Crippen LogP) is 5.10. The van der Waals surface area contributed by atoms with Gasteiger partial charge < -0.3 is 10.3 Å². The van der Waals surface area contributed by atoms with E-state index < -0.39 is 0 Å². The molecule has 2 aromatic rings. The van der Waals surface area contributed by atoms with E-state index >= 15 is 0 Å². The van der Waals surface area contributed by atoms with Crippen LogP contribution in [0.15, 0.2) is 17.5 Å². The fourth-order valence-corrected chi connectivity index (χ4v) is 3.42. The van der Waals surface area contributed by atoms with Gasteiger partial charge in [-0.1, -0.05) is 44.4 Å². The maximum atomic E-state index is 6.23. The van der Waals surface area contributed by atoms with Crippen molar-refractivity contribution in [2.75, 3.05) is 0 Å². The van der Waals surface area contributed by atoms with Crippen LogP contribution in [0.25, 0.3) is 0 Å². The number of aromatic amines is 1. The van der Waals surface area contributed by atoms with Crippen molar-refractivity contribution in [1.29, 1.82) is 0 Å². The van der Waals surface area contributed by atoms with Gasteiger partial charge in [0.05, 0.1) is 5.69 Å². The molecule has 1 atom stereocenters. The first-order chi connectivity index (χ1) is 10.2. The first kappa shape index (κ1) is 16.5. The highest BCUT2D eigenvalue weighted by Gasteiger charge is 2.13. The zero-order valence-corrected chi connectivity index (χ0v) is 14.4. The lowest BCUT2D eigenvalue weighted by Crippen LogP contribution is -2.20. The molecule has 21 heavy (non-hydrogen) atoms. The third-order valence-corrected chi connectivity index (χ3v) is 4.83. The molecule has 0 saturated carbocycles. The second-order valence-electron chi connectivity index (χ2n) is 5.29. The molecule has 2 aromatic heterocycles. The Bertz CT molecular complexity index is 522. The van der Waals surface area contributed by atoms with Crippen LogP contribution in [0, 0.1) is 0 Å². The number of imidazole rings is 1. The van der Waals surface area contributed by atoms with E-state index in [0.717, 1.165) is 43.7 Å². The van der Waals surface area contributed by atoms with Crippen LogP contribution in [0.5, 0.6) is 0 Å². The Labute approximate surface area is 136 Å². The second-order valence-corrected chi connectivity index (χ2v) is 6.63. The van der Waals surface area contributed by atoms with E-state index in [-0.39, 0.29) is 0 Å². The number of aromatic nitrogens is 2. The molecule has 0 aliphatic heterocycles. The van der Waals surface area contributed by atoms with Crippen LogP contribution in [0.2, 0.25) is 5.15 Å². The van der Waals surface area contributed by atoms with Gasteiger partial charge in [0.1, 0.15) is 5.82 Å². The average molecular weight is 326 g/mol. The van der Waals surface area contributed by atoms with Crippen molar-refractivity contribution in [3.05, 3.63) is 39.1 Å². The van der Waals surface area contributed by atoms with Crippen LogP contribution < -0.4 is 5.32 Å². The third kappa shape index (κ3) is 4.83. The molecule has 1 unspecified atom stereocenters. The van der Waals surface area contributed by atoms with E-state index in [1.807, 2.05) is 0 Å². The van der Waals surface area contributed by atoms with E-state index in [1.54, 1.807) is 11.3 Å². The van der Waals surface area contributed by atoms with Crippen molar-refractivity contribution in [2.24, 2.45) is 0 Å². The summed E-state index contributed by atoms with van der Waals surface area (Å²) in [6, 6.07) is 4.70. The maximum Gasteiger partial charge on any atom is 0.151 e. The normalized spacial score (nSPS) is 12.7. The maximum absolute atomic E-state index is 6.23. The van der Waals surface area contributed by atoms with Crippen LogP contribution >= 0.6 is 22.9 Å². The van der Waals surface area contributed by atoms with E-state index in [4.69, 9.17) is 11.6 Å². The molecule has 0 radical (unpaired) electrons. The summed E-state index contributed by atoms with van der Waals surface area (Å²) in [6.07, 6.45) is 5.58. The number of nitrogens with zero attached hydrogens (tertiary/aromatic N) is 1. The number of hydrogen-bond donors (Lipinski definition) is 2. The molecule has 2 rings (SSSR count). The SMILES string of the molecule is CCCCc1nc(Cl)c(CNC(CCC)c2cccs2)[nH]1. The lowest BCUT2D eigenvalue weighted by molar-refractivity contribution is 0.497. The number of H-pyrrole nitrogens is 1. The number of unbranched alkanes of at least 4 members (excludes halogenated alkanes) is 1. The number of nitrogens with one attached hydrogen (secondary N) is 2. The van der Waals surface area contributed by atoms with Gasteiger partial charge in [0, 0.05) is 23.9 Å². The molecule has 0 fully saturated rings. The Morgan fingerprint density at radius 1 is 1.38 bits per heavy atom. The van der Waals surface area contributed by atoms with E-state index in [9.17, 15) is 0 Å². The lowest BCUT2D eigenvalue weighted by Gasteiger charge is -2.16. The summed E-state index contributed by atoms with van der Waals surface area (Å²) in [5.74, 6) is 1.00. The number of hydrogen-bond acceptors (Lipinski definition) is 3. The van der Waals surface area contributed by atoms with Crippen molar-refractivity contribution in [3.63, 3.8) is 0 Å². The monoisotopic (exact) mass is 325 g/mol. The van der Waals surface area contributed by atoms with Gasteiger partial charge in [-0.15, -0.1) is 11.3 Å². The van der Waals surface area contributed by atoms with Crippen LogP contribution in [0.1, 0.15) is 62.0 Å². The Kier molecular flexibility index (Phi) is 6.74. The minimum absolute atomic E-state index is 0.397. The van der Waals surface area contributed by atoms with Gasteiger partial charge in [0.2, 0.25) is 0 Å². The van der Waals surface area contributed by atoms with Gasteiger partial charge >= 0.3 is 0 Å². The van der Waals surface area contributed by atoms with Gasteiger partial charge in [-0.25, -0.2) is 4.98 Å². The summed E-state index contributed by atoms with van der Waals surface area (Å²) >= 11 is 8.03. The van der Waals surface area contributed by atoms with Gasteiger partial charge in [-0.3, -0.25) is 0 Å².